The number of thiazole rings is 2. The highest BCUT2D eigenvalue weighted by Gasteiger charge is 2.08. The fourth-order valence-electron chi connectivity index (χ4n) is 1.44. The van der Waals surface area contributed by atoms with Crippen LogP contribution in [0.4, 0.5) is 0 Å². The summed E-state index contributed by atoms with van der Waals surface area (Å²) in [4.78, 5) is 8.30. The Labute approximate surface area is 131 Å². The molecule has 0 saturated heterocycles. The average molecular weight is 324 g/mol. The molecule has 0 aromatic carbocycles. The van der Waals surface area contributed by atoms with Gasteiger partial charge in [-0.2, -0.15) is 26.0 Å². The third-order valence-electron chi connectivity index (χ3n) is 2.40. The van der Waals surface area contributed by atoms with Gasteiger partial charge in [0, 0.05) is 6.20 Å². The highest BCUT2D eigenvalue weighted by atomic mass is 32.1. The zero-order chi connectivity index (χ0) is 16.1. The normalized spacial score (nSPS) is 10.6. The van der Waals surface area contributed by atoms with Crippen molar-refractivity contribution in [1.82, 2.24) is 9.97 Å². The number of nitriles is 4. The van der Waals surface area contributed by atoms with Crippen LogP contribution in [0.1, 0.15) is 0 Å². The number of methoxy groups -OCH3 is 1. The molecule has 9 heteroatoms. The Morgan fingerprint density at radius 2 is 1.64 bits per heavy atom. The highest BCUT2D eigenvalue weighted by molar-refractivity contribution is 7.11. The second-order valence-electron chi connectivity index (χ2n) is 3.58. The Kier molecular flexibility index (Phi) is 4.46. The lowest BCUT2D eigenvalue weighted by molar-refractivity contribution is 0.397. The van der Waals surface area contributed by atoms with Gasteiger partial charge in [0.05, 0.1) is 11.6 Å². The smallest absolute Gasteiger partial charge is 0.234 e. The zero-order valence-corrected chi connectivity index (χ0v) is 12.6. The lowest BCUT2D eigenvalue weighted by Gasteiger charge is -1.89. The molecule has 2 aromatic rings. The molecule has 2 aromatic heterocycles. The monoisotopic (exact) mass is 324 g/mol. The summed E-state index contributed by atoms with van der Waals surface area (Å²) in [5.74, 6) is 0.166. The lowest BCUT2D eigenvalue weighted by atomic mass is 10.3. The van der Waals surface area contributed by atoms with Crippen LogP contribution in [-0.4, -0.2) is 17.1 Å². The summed E-state index contributed by atoms with van der Waals surface area (Å²) in [6, 6.07) is 7.16. The first-order valence-corrected chi connectivity index (χ1v) is 7.17. The van der Waals surface area contributed by atoms with Crippen molar-refractivity contribution in [3.05, 3.63) is 24.6 Å². The molecule has 0 aliphatic rings. The number of ether oxygens (including phenoxy) is 1. The van der Waals surface area contributed by atoms with E-state index < -0.39 is 0 Å². The first kappa shape index (κ1) is 15.2. The van der Waals surface area contributed by atoms with Crippen molar-refractivity contribution in [2.45, 2.75) is 0 Å². The molecular weight excluding hydrogens is 320 g/mol. The van der Waals surface area contributed by atoms with Crippen LogP contribution in [0.5, 0.6) is 5.88 Å². The van der Waals surface area contributed by atoms with Crippen molar-refractivity contribution in [3.8, 4) is 30.2 Å². The Hall–Kier alpha value is -3.24. The second kappa shape index (κ2) is 6.47. The quantitative estimate of drug-likeness (QED) is 0.736. The molecular formula is C13H4N6OS2. The van der Waals surface area contributed by atoms with E-state index >= 15 is 0 Å². The molecule has 0 spiro atoms. The molecule has 0 bridgehead atoms. The Morgan fingerprint density at radius 3 is 2.18 bits per heavy atom. The van der Waals surface area contributed by atoms with Crippen LogP contribution in [0.3, 0.4) is 0 Å². The van der Waals surface area contributed by atoms with Crippen LogP contribution in [-0.2, 0) is 0 Å². The summed E-state index contributed by atoms with van der Waals surface area (Å²) in [7, 11) is 1.39. The highest BCUT2D eigenvalue weighted by Crippen LogP contribution is 2.09. The topological polar surface area (TPSA) is 130 Å². The molecule has 7 nitrogen and oxygen atoms in total. The summed E-state index contributed by atoms with van der Waals surface area (Å²) in [5, 5.41) is 35.6. The minimum absolute atomic E-state index is 0.0335. The fraction of sp³-hybridized carbons (Fsp3) is 0.0769. The van der Waals surface area contributed by atoms with E-state index in [2.05, 4.69) is 9.97 Å². The van der Waals surface area contributed by atoms with E-state index in [9.17, 15) is 0 Å². The molecule has 2 rings (SSSR count). The molecule has 0 N–H and O–H groups in total. The molecule has 0 saturated carbocycles. The van der Waals surface area contributed by atoms with Crippen molar-refractivity contribution < 1.29 is 4.74 Å². The first-order valence-electron chi connectivity index (χ1n) is 5.54. The Bertz CT molecular complexity index is 1080. The Balaban J connectivity index is 2.94. The van der Waals surface area contributed by atoms with E-state index in [1.807, 2.05) is 0 Å². The first-order chi connectivity index (χ1) is 10.7. The van der Waals surface area contributed by atoms with Gasteiger partial charge >= 0.3 is 0 Å². The molecule has 0 amide bonds. The molecule has 0 aliphatic heterocycles. The average Bonchev–Trinajstić information content (AvgIpc) is 3.17. The van der Waals surface area contributed by atoms with Crippen LogP contribution in [0.2, 0.25) is 0 Å². The summed E-state index contributed by atoms with van der Waals surface area (Å²) in [6.07, 6.45) is 1.41. The molecule has 104 valence electrons. The van der Waals surface area contributed by atoms with Crippen molar-refractivity contribution in [2.24, 2.45) is 0 Å². The van der Waals surface area contributed by atoms with Gasteiger partial charge in [-0.05, 0) is 0 Å². The van der Waals surface area contributed by atoms with E-state index in [0.717, 1.165) is 22.7 Å². The molecule has 0 fully saturated rings. The van der Waals surface area contributed by atoms with Crippen LogP contribution >= 0.6 is 22.7 Å². The number of nitrogens with zero attached hydrogens (tertiary/aromatic N) is 6. The van der Waals surface area contributed by atoms with Gasteiger partial charge in [0.15, 0.2) is 14.9 Å². The molecule has 2 heterocycles. The maximum Gasteiger partial charge on any atom is 0.234 e. The number of aromatic nitrogens is 2. The summed E-state index contributed by atoms with van der Waals surface area (Å²) < 4.78 is 6.75. The van der Waals surface area contributed by atoms with E-state index in [1.54, 1.807) is 24.3 Å². The molecule has 0 unspecified atom stereocenters. The second-order valence-corrected chi connectivity index (χ2v) is 5.61. The van der Waals surface area contributed by atoms with Crippen molar-refractivity contribution >= 4 is 33.8 Å². The standard InChI is InChI=1S/C13H4N6OS2/c1-20-11-10(8(4-16)5-17)22-13(19-11)12-18-6-9(21-12)7(2-14)3-15/h6H,1H3/b13-12-. The van der Waals surface area contributed by atoms with Crippen LogP contribution in [0, 0.1) is 54.7 Å². The predicted octanol–water partition coefficient (Wildman–Crippen LogP) is 0.291. The van der Waals surface area contributed by atoms with E-state index in [1.165, 1.54) is 13.3 Å². The lowest BCUT2D eigenvalue weighted by Crippen LogP contribution is -2.02. The van der Waals surface area contributed by atoms with Gasteiger partial charge in [-0.25, -0.2) is 4.98 Å². The zero-order valence-electron chi connectivity index (χ0n) is 11.0. The maximum absolute atomic E-state index is 8.95. The molecule has 0 radical (unpaired) electrons. The van der Waals surface area contributed by atoms with E-state index in [0.29, 0.717) is 18.4 Å². The van der Waals surface area contributed by atoms with Crippen LogP contribution in [0.15, 0.2) is 6.20 Å². The van der Waals surface area contributed by atoms with Crippen LogP contribution in [0.25, 0.3) is 11.1 Å². The van der Waals surface area contributed by atoms with E-state index in [4.69, 9.17) is 25.8 Å². The maximum atomic E-state index is 8.95. The van der Waals surface area contributed by atoms with Crippen molar-refractivity contribution in [2.75, 3.05) is 7.11 Å². The molecule has 0 atom stereocenters. The largest absolute Gasteiger partial charge is 0.480 e. The summed E-state index contributed by atoms with van der Waals surface area (Å²) in [5.41, 5.74) is -0.132. The fourth-order valence-corrected chi connectivity index (χ4v) is 3.31. The van der Waals surface area contributed by atoms with Gasteiger partial charge in [0.1, 0.15) is 34.4 Å². The third-order valence-corrected chi connectivity index (χ3v) is 4.61. The van der Waals surface area contributed by atoms with Crippen molar-refractivity contribution in [1.29, 1.82) is 21.0 Å². The van der Waals surface area contributed by atoms with Gasteiger partial charge < -0.3 is 4.74 Å². The number of hydrogen-bond donors (Lipinski definition) is 0. The summed E-state index contributed by atoms with van der Waals surface area (Å²) >= 11 is 2.22. The van der Waals surface area contributed by atoms with Crippen molar-refractivity contribution in [3.63, 3.8) is 0 Å². The predicted molar refractivity (Wildman–Crippen MR) is 77.0 cm³/mol. The molecule has 0 aliphatic carbocycles. The van der Waals surface area contributed by atoms with Gasteiger partial charge in [-0.15, -0.1) is 22.7 Å². The van der Waals surface area contributed by atoms with Gasteiger partial charge in [0.2, 0.25) is 5.88 Å². The van der Waals surface area contributed by atoms with Gasteiger partial charge in [-0.1, -0.05) is 0 Å². The SMILES string of the molecule is COc1n/c(=c2\ncc(=C(C#N)C#N)s2)sc1=C(C#N)C#N. The van der Waals surface area contributed by atoms with E-state index in [-0.39, 0.29) is 17.0 Å². The van der Waals surface area contributed by atoms with Gasteiger partial charge in [0.25, 0.3) is 0 Å². The summed E-state index contributed by atoms with van der Waals surface area (Å²) in [6.45, 7) is 0. The minimum Gasteiger partial charge on any atom is -0.480 e. The van der Waals surface area contributed by atoms with Crippen LogP contribution < -0.4 is 13.8 Å². The minimum atomic E-state index is -0.0984. The van der Waals surface area contributed by atoms with Gasteiger partial charge in [-0.3, -0.25) is 0 Å². The number of hydrogen-bond acceptors (Lipinski definition) is 9. The number of rotatable bonds is 1. The molecule has 22 heavy (non-hydrogen) atoms. The Morgan fingerprint density at radius 1 is 1.00 bits per heavy atom. The third kappa shape index (κ3) is 2.63.